The fourth-order valence-electron chi connectivity index (χ4n) is 2.61. The van der Waals surface area contributed by atoms with Crippen molar-refractivity contribution in [2.75, 3.05) is 18.4 Å². The maximum Gasteiger partial charge on any atom is 0.252 e. The normalized spacial score (nSPS) is 16.9. The molecule has 136 valence electrons. The molecule has 3 rings (SSSR count). The summed E-state index contributed by atoms with van der Waals surface area (Å²) in [6.45, 7) is 1.48. The highest BCUT2D eigenvalue weighted by atomic mass is 35.5. The number of hydrogen-bond acceptors (Lipinski definition) is 4. The molecule has 1 saturated heterocycles. The van der Waals surface area contributed by atoms with E-state index in [1.54, 1.807) is 12.3 Å². The zero-order valence-corrected chi connectivity index (χ0v) is 15.0. The van der Waals surface area contributed by atoms with Gasteiger partial charge in [-0.25, -0.2) is 0 Å². The second-order valence-electron chi connectivity index (χ2n) is 5.50. The molecule has 1 fully saturated rings. The summed E-state index contributed by atoms with van der Waals surface area (Å²) in [5.74, 6) is -0.0164. The van der Waals surface area contributed by atoms with Crippen LogP contribution >= 0.6 is 24.8 Å². The lowest BCUT2D eigenvalue weighted by molar-refractivity contribution is -0.129. The van der Waals surface area contributed by atoms with Gasteiger partial charge in [-0.3, -0.25) is 14.7 Å². The lowest BCUT2D eigenvalue weighted by Crippen LogP contribution is -2.40. The zero-order valence-electron chi connectivity index (χ0n) is 13.4. The van der Waals surface area contributed by atoms with Crippen LogP contribution in [0.1, 0.15) is 18.0 Å². The highest BCUT2D eigenvalue weighted by Crippen LogP contribution is 2.17. The van der Waals surface area contributed by atoms with Gasteiger partial charge in [-0.05, 0) is 18.5 Å². The van der Waals surface area contributed by atoms with E-state index in [2.05, 4.69) is 26.1 Å². The number of nitrogens with zero attached hydrogens (tertiary/aromatic N) is 1. The molecule has 4 N–H and O–H groups in total. The first-order valence-corrected chi connectivity index (χ1v) is 7.60. The molecule has 1 aliphatic heterocycles. The number of halogens is 2. The van der Waals surface area contributed by atoms with Crippen molar-refractivity contribution in [2.24, 2.45) is 5.92 Å². The summed E-state index contributed by atoms with van der Waals surface area (Å²) in [6, 6.07) is 10.1. The van der Waals surface area contributed by atoms with Crippen LogP contribution in [0.15, 0.2) is 42.6 Å². The van der Waals surface area contributed by atoms with Crippen molar-refractivity contribution >= 4 is 42.4 Å². The van der Waals surface area contributed by atoms with Crippen molar-refractivity contribution < 1.29 is 9.59 Å². The van der Waals surface area contributed by atoms with Gasteiger partial charge in [0.05, 0.1) is 12.1 Å². The summed E-state index contributed by atoms with van der Waals surface area (Å²) >= 11 is 0. The van der Waals surface area contributed by atoms with Crippen LogP contribution in [0.2, 0.25) is 0 Å². The Kier molecular flexibility index (Phi) is 8.40. The molecule has 1 aromatic carbocycles. The number of nitrogens with one attached hydrogen (secondary N) is 4. The van der Waals surface area contributed by atoms with Gasteiger partial charge in [-0.1, -0.05) is 30.3 Å². The summed E-state index contributed by atoms with van der Waals surface area (Å²) < 4.78 is 0. The Bertz CT molecular complexity index is 660. The number of benzene rings is 1. The number of aromatic amines is 1. The molecule has 1 aliphatic rings. The summed E-state index contributed by atoms with van der Waals surface area (Å²) in [4.78, 5) is 25.0. The molecule has 0 radical (unpaired) electrons. The van der Waals surface area contributed by atoms with Gasteiger partial charge in [0.25, 0.3) is 5.91 Å². The van der Waals surface area contributed by atoms with Gasteiger partial charge < -0.3 is 16.0 Å². The third kappa shape index (κ3) is 5.45. The molecule has 0 aliphatic carbocycles. The van der Waals surface area contributed by atoms with E-state index in [4.69, 9.17) is 0 Å². The van der Waals surface area contributed by atoms with Gasteiger partial charge in [0.2, 0.25) is 5.91 Å². The van der Waals surface area contributed by atoms with Gasteiger partial charge in [-0.2, -0.15) is 5.10 Å². The molecule has 2 aromatic rings. The predicted octanol–water partition coefficient (Wildman–Crippen LogP) is 1.66. The molecule has 9 heteroatoms. The topological polar surface area (TPSA) is 98.9 Å². The Hall–Kier alpha value is -2.09. The number of hydrogen-bond donors (Lipinski definition) is 4. The van der Waals surface area contributed by atoms with Crippen LogP contribution in [-0.4, -0.2) is 35.1 Å². The van der Waals surface area contributed by atoms with Crippen molar-refractivity contribution in [3.05, 3.63) is 48.2 Å². The number of carbonyl (C=O) groups is 2. The Morgan fingerprint density at radius 3 is 2.52 bits per heavy atom. The van der Waals surface area contributed by atoms with E-state index in [-0.39, 0.29) is 42.5 Å². The van der Waals surface area contributed by atoms with E-state index in [1.807, 2.05) is 30.3 Å². The van der Waals surface area contributed by atoms with Gasteiger partial charge in [0.15, 0.2) is 0 Å². The Labute approximate surface area is 158 Å². The molecule has 1 aromatic heterocycles. The SMILES string of the molecule is Cl.Cl.O=C(NC(C(=O)Nc1ccn[nH]1)c1ccccc1)C1CCNC1. The summed E-state index contributed by atoms with van der Waals surface area (Å²) in [5.41, 5.74) is 0.740. The minimum Gasteiger partial charge on any atom is -0.340 e. The molecule has 2 atom stereocenters. The first kappa shape index (κ1) is 21.0. The Balaban J connectivity index is 0.00000156. The van der Waals surface area contributed by atoms with E-state index in [9.17, 15) is 9.59 Å². The van der Waals surface area contributed by atoms with Crippen LogP contribution in [0.5, 0.6) is 0 Å². The molecule has 25 heavy (non-hydrogen) atoms. The number of rotatable bonds is 5. The van der Waals surface area contributed by atoms with Crippen LogP contribution in [-0.2, 0) is 9.59 Å². The molecule has 2 unspecified atom stereocenters. The number of aromatic nitrogens is 2. The number of amides is 2. The van der Waals surface area contributed by atoms with Gasteiger partial charge in [0, 0.05) is 12.6 Å². The average Bonchev–Trinajstić information content (AvgIpc) is 3.26. The molecule has 2 heterocycles. The molecular formula is C16H21Cl2N5O2. The van der Waals surface area contributed by atoms with Crippen molar-refractivity contribution in [3.63, 3.8) is 0 Å². The first-order valence-electron chi connectivity index (χ1n) is 7.60. The van der Waals surface area contributed by atoms with E-state index in [1.165, 1.54) is 0 Å². The lowest BCUT2D eigenvalue weighted by atomic mass is 10.0. The number of carbonyl (C=O) groups excluding carboxylic acids is 2. The van der Waals surface area contributed by atoms with Gasteiger partial charge >= 0.3 is 0 Å². The minimum atomic E-state index is -0.743. The van der Waals surface area contributed by atoms with E-state index in [0.717, 1.165) is 18.5 Å². The van der Waals surface area contributed by atoms with Gasteiger partial charge in [0.1, 0.15) is 11.9 Å². The monoisotopic (exact) mass is 385 g/mol. The van der Waals surface area contributed by atoms with Crippen molar-refractivity contribution in [2.45, 2.75) is 12.5 Å². The maximum absolute atomic E-state index is 12.6. The maximum atomic E-state index is 12.6. The zero-order chi connectivity index (χ0) is 16.1. The standard InChI is InChI=1S/C16H19N5O2.2ClH/c22-15(12-6-8-17-10-12)20-14(11-4-2-1-3-5-11)16(23)19-13-7-9-18-21-13;;/h1-5,7,9,12,14,17H,6,8,10H2,(H,20,22)(H2,18,19,21,23);2*1H. The van der Waals surface area contributed by atoms with Crippen LogP contribution in [0.25, 0.3) is 0 Å². The van der Waals surface area contributed by atoms with Crippen LogP contribution in [0.3, 0.4) is 0 Å². The third-order valence-corrected chi connectivity index (χ3v) is 3.87. The van der Waals surface area contributed by atoms with Crippen LogP contribution in [0, 0.1) is 5.92 Å². The molecule has 0 saturated carbocycles. The largest absolute Gasteiger partial charge is 0.340 e. The fourth-order valence-corrected chi connectivity index (χ4v) is 2.61. The Morgan fingerprint density at radius 2 is 1.92 bits per heavy atom. The predicted molar refractivity (Wildman–Crippen MR) is 100 cm³/mol. The molecule has 0 spiro atoms. The summed E-state index contributed by atoms with van der Waals surface area (Å²) in [6.07, 6.45) is 2.34. The highest BCUT2D eigenvalue weighted by Gasteiger charge is 2.28. The molecule has 2 amide bonds. The van der Waals surface area contributed by atoms with Crippen molar-refractivity contribution in [3.8, 4) is 0 Å². The summed E-state index contributed by atoms with van der Waals surface area (Å²) in [7, 11) is 0. The molecule has 0 bridgehead atoms. The smallest absolute Gasteiger partial charge is 0.252 e. The first-order chi connectivity index (χ1) is 11.2. The van der Waals surface area contributed by atoms with E-state index >= 15 is 0 Å². The third-order valence-electron chi connectivity index (χ3n) is 3.87. The highest BCUT2D eigenvalue weighted by molar-refractivity contribution is 5.97. The molecular weight excluding hydrogens is 365 g/mol. The molecule has 7 nitrogen and oxygen atoms in total. The quantitative estimate of drug-likeness (QED) is 0.628. The second kappa shape index (κ2) is 10.0. The fraction of sp³-hybridized carbons (Fsp3) is 0.312. The van der Waals surface area contributed by atoms with Crippen molar-refractivity contribution in [1.29, 1.82) is 0 Å². The van der Waals surface area contributed by atoms with Crippen LogP contribution < -0.4 is 16.0 Å². The Morgan fingerprint density at radius 1 is 1.16 bits per heavy atom. The average molecular weight is 386 g/mol. The van der Waals surface area contributed by atoms with E-state index < -0.39 is 6.04 Å². The summed E-state index contributed by atoms with van der Waals surface area (Å²) in [5, 5.41) is 15.2. The van der Waals surface area contributed by atoms with Crippen LogP contribution in [0.4, 0.5) is 5.82 Å². The lowest BCUT2D eigenvalue weighted by Gasteiger charge is -2.20. The van der Waals surface area contributed by atoms with E-state index in [0.29, 0.717) is 12.4 Å². The van der Waals surface area contributed by atoms with Crippen molar-refractivity contribution in [1.82, 2.24) is 20.8 Å². The van der Waals surface area contributed by atoms with Gasteiger partial charge in [-0.15, -0.1) is 24.8 Å². The number of anilines is 1. The minimum absolute atomic E-state index is 0. The second-order valence-corrected chi connectivity index (χ2v) is 5.50. The number of H-pyrrole nitrogens is 1.